The van der Waals surface area contributed by atoms with Crippen molar-refractivity contribution in [3.05, 3.63) is 54.1 Å². The zero-order valence-corrected chi connectivity index (χ0v) is 10.7. The summed E-state index contributed by atoms with van der Waals surface area (Å²) in [5.41, 5.74) is 1.40. The van der Waals surface area contributed by atoms with Crippen molar-refractivity contribution < 1.29 is 19.4 Å². The fourth-order valence-corrected chi connectivity index (χ4v) is 1.70. The van der Waals surface area contributed by atoms with Gasteiger partial charge in [-0.15, -0.1) is 0 Å². The molecule has 0 bridgehead atoms. The molecule has 0 aliphatic carbocycles. The molecule has 0 saturated heterocycles. The van der Waals surface area contributed by atoms with Gasteiger partial charge in [0.05, 0.1) is 6.42 Å². The van der Waals surface area contributed by atoms with Gasteiger partial charge in [0.1, 0.15) is 12.9 Å². The number of aromatic nitrogens is 2. The van der Waals surface area contributed by atoms with Crippen molar-refractivity contribution in [3.63, 3.8) is 0 Å². The van der Waals surface area contributed by atoms with Gasteiger partial charge in [-0.1, -0.05) is 30.3 Å². The van der Waals surface area contributed by atoms with Crippen LogP contribution < -0.4 is 0 Å². The van der Waals surface area contributed by atoms with E-state index in [0.717, 1.165) is 5.56 Å². The molecule has 2 rings (SSSR count). The molecular weight excluding hydrogens is 260 g/mol. The molecular formula is C14H14N2O4. The number of rotatable bonds is 5. The van der Waals surface area contributed by atoms with Crippen molar-refractivity contribution in [2.75, 3.05) is 0 Å². The monoisotopic (exact) mass is 274 g/mol. The van der Waals surface area contributed by atoms with Crippen LogP contribution in [0.4, 0.5) is 4.79 Å². The Kier molecular flexibility index (Phi) is 4.49. The maximum absolute atomic E-state index is 11.9. The average molecular weight is 274 g/mol. The molecule has 20 heavy (non-hydrogen) atoms. The molecule has 0 saturated carbocycles. The lowest BCUT2D eigenvalue weighted by atomic mass is 10.2. The Labute approximate surface area is 115 Å². The first-order valence-corrected chi connectivity index (χ1v) is 6.11. The minimum absolute atomic E-state index is 0.0579. The molecule has 1 N–H and O–H groups in total. The summed E-state index contributed by atoms with van der Waals surface area (Å²) in [5.74, 6) is -0.921. The van der Waals surface area contributed by atoms with Crippen LogP contribution in [-0.2, 0) is 22.6 Å². The van der Waals surface area contributed by atoms with E-state index in [1.165, 1.54) is 17.1 Å². The molecule has 0 unspecified atom stereocenters. The van der Waals surface area contributed by atoms with Gasteiger partial charge in [0, 0.05) is 18.3 Å². The molecule has 2 aromatic rings. The van der Waals surface area contributed by atoms with E-state index in [-0.39, 0.29) is 19.4 Å². The number of aliphatic carboxylic acids is 1. The molecule has 6 nitrogen and oxygen atoms in total. The fourth-order valence-electron chi connectivity index (χ4n) is 1.70. The highest BCUT2D eigenvalue weighted by Crippen LogP contribution is 2.07. The molecule has 0 spiro atoms. The first-order valence-electron chi connectivity index (χ1n) is 6.11. The SMILES string of the molecule is O=C(O)CCc1cncn1C(=O)OCc1ccccc1. The van der Waals surface area contributed by atoms with Gasteiger partial charge >= 0.3 is 12.1 Å². The third-order valence-electron chi connectivity index (χ3n) is 2.71. The first-order chi connectivity index (χ1) is 9.66. The number of carbonyl (C=O) groups excluding carboxylic acids is 1. The Morgan fingerprint density at radius 2 is 2.00 bits per heavy atom. The van der Waals surface area contributed by atoms with Gasteiger partial charge < -0.3 is 9.84 Å². The number of nitrogens with zero attached hydrogens (tertiary/aromatic N) is 2. The third kappa shape index (κ3) is 3.68. The number of hydrogen-bond acceptors (Lipinski definition) is 4. The van der Waals surface area contributed by atoms with Crippen molar-refractivity contribution in [2.45, 2.75) is 19.4 Å². The Hall–Kier alpha value is -2.63. The second kappa shape index (κ2) is 6.51. The number of hydrogen-bond donors (Lipinski definition) is 1. The topological polar surface area (TPSA) is 81.4 Å². The Balaban J connectivity index is 1.95. The molecule has 1 heterocycles. The van der Waals surface area contributed by atoms with Gasteiger partial charge in [-0.25, -0.2) is 14.3 Å². The van der Waals surface area contributed by atoms with Gasteiger partial charge in [-0.05, 0) is 5.56 Å². The van der Waals surface area contributed by atoms with Crippen LogP contribution in [0.15, 0.2) is 42.9 Å². The van der Waals surface area contributed by atoms with Gasteiger partial charge in [0.25, 0.3) is 0 Å². The molecule has 0 aliphatic heterocycles. The largest absolute Gasteiger partial charge is 0.481 e. The molecule has 104 valence electrons. The highest BCUT2D eigenvalue weighted by molar-refractivity contribution is 5.72. The number of carbonyl (C=O) groups is 2. The van der Waals surface area contributed by atoms with E-state index >= 15 is 0 Å². The van der Waals surface area contributed by atoms with Gasteiger partial charge in [0.2, 0.25) is 0 Å². The highest BCUT2D eigenvalue weighted by atomic mass is 16.5. The van der Waals surface area contributed by atoms with E-state index in [0.29, 0.717) is 5.69 Å². The summed E-state index contributed by atoms with van der Waals surface area (Å²) >= 11 is 0. The van der Waals surface area contributed by atoms with Crippen LogP contribution in [0.5, 0.6) is 0 Å². The zero-order valence-electron chi connectivity index (χ0n) is 10.7. The third-order valence-corrected chi connectivity index (χ3v) is 2.71. The number of carboxylic acids is 1. The molecule has 0 fully saturated rings. The Bertz CT molecular complexity index is 592. The predicted molar refractivity (Wildman–Crippen MR) is 70.2 cm³/mol. The van der Waals surface area contributed by atoms with Gasteiger partial charge in [0.15, 0.2) is 0 Å². The van der Waals surface area contributed by atoms with Crippen LogP contribution >= 0.6 is 0 Å². The molecule has 0 atom stereocenters. The van der Waals surface area contributed by atoms with Crippen LogP contribution in [0.2, 0.25) is 0 Å². The Morgan fingerprint density at radius 1 is 1.25 bits per heavy atom. The number of ether oxygens (including phenoxy) is 1. The standard InChI is InChI=1S/C14H14N2O4/c17-13(18)7-6-12-8-15-10-16(12)14(19)20-9-11-4-2-1-3-5-11/h1-5,8,10H,6-7,9H2,(H,17,18). The lowest BCUT2D eigenvalue weighted by Crippen LogP contribution is -2.16. The quantitative estimate of drug-likeness (QED) is 0.902. The highest BCUT2D eigenvalue weighted by Gasteiger charge is 2.12. The Morgan fingerprint density at radius 3 is 2.70 bits per heavy atom. The first kappa shape index (κ1) is 13.8. The van der Waals surface area contributed by atoms with Gasteiger partial charge in [-0.3, -0.25) is 4.79 Å². The van der Waals surface area contributed by atoms with Crippen molar-refractivity contribution >= 4 is 12.1 Å². The lowest BCUT2D eigenvalue weighted by molar-refractivity contribution is -0.137. The normalized spacial score (nSPS) is 10.2. The minimum Gasteiger partial charge on any atom is -0.481 e. The van der Waals surface area contributed by atoms with Crippen LogP contribution in [0.25, 0.3) is 0 Å². The molecule has 0 aliphatic rings. The zero-order chi connectivity index (χ0) is 14.4. The molecule has 1 aromatic carbocycles. The summed E-state index contributed by atoms with van der Waals surface area (Å²) in [5, 5.41) is 8.65. The number of carboxylic acid groups (broad SMARTS) is 1. The minimum atomic E-state index is -0.921. The smallest absolute Gasteiger partial charge is 0.419 e. The van der Waals surface area contributed by atoms with E-state index in [4.69, 9.17) is 9.84 Å². The molecule has 0 amide bonds. The molecule has 1 aromatic heterocycles. The summed E-state index contributed by atoms with van der Waals surface area (Å²) in [6.45, 7) is 0.163. The summed E-state index contributed by atoms with van der Waals surface area (Å²) in [7, 11) is 0. The maximum Gasteiger partial charge on any atom is 0.419 e. The van der Waals surface area contributed by atoms with Gasteiger partial charge in [-0.2, -0.15) is 0 Å². The maximum atomic E-state index is 11.9. The van der Waals surface area contributed by atoms with Crippen molar-refractivity contribution in [3.8, 4) is 0 Å². The van der Waals surface area contributed by atoms with E-state index in [1.807, 2.05) is 30.3 Å². The van der Waals surface area contributed by atoms with E-state index in [1.54, 1.807) is 0 Å². The molecule has 6 heteroatoms. The lowest BCUT2D eigenvalue weighted by Gasteiger charge is -2.07. The van der Waals surface area contributed by atoms with Crippen molar-refractivity contribution in [2.24, 2.45) is 0 Å². The van der Waals surface area contributed by atoms with Crippen LogP contribution in [0.1, 0.15) is 17.7 Å². The van der Waals surface area contributed by atoms with E-state index in [2.05, 4.69) is 4.98 Å². The second-order valence-corrected chi connectivity index (χ2v) is 4.19. The van der Waals surface area contributed by atoms with Crippen LogP contribution in [-0.4, -0.2) is 26.7 Å². The van der Waals surface area contributed by atoms with E-state index in [9.17, 15) is 9.59 Å². The summed E-state index contributed by atoms with van der Waals surface area (Å²) in [4.78, 5) is 26.3. The fraction of sp³-hybridized carbons (Fsp3) is 0.214. The summed E-state index contributed by atoms with van der Waals surface area (Å²) < 4.78 is 6.38. The van der Waals surface area contributed by atoms with Crippen LogP contribution in [0.3, 0.4) is 0 Å². The van der Waals surface area contributed by atoms with E-state index < -0.39 is 12.1 Å². The van der Waals surface area contributed by atoms with Crippen LogP contribution in [0, 0.1) is 0 Å². The predicted octanol–water partition coefficient (Wildman–Crippen LogP) is 2.09. The second-order valence-electron chi connectivity index (χ2n) is 4.19. The van der Waals surface area contributed by atoms with Crippen molar-refractivity contribution in [1.29, 1.82) is 0 Å². The van der Waals surface area contributed by atoms with Crippen molar-refractivity contribution in [1.82, 2.24) is 9.55 Å². The number of aryl methyl sites for hydroxylation is 1. The number of benzene rings is 1. The summed E-state index contributed by atoms with van der Waals surface area (Å²) in [6.07, 6.45) is 2.40. The summed E-state index contributed by atoms with van der Waals surface area (Å²) in [6, 6.07) is 9.31. The average Bonchev–Trinajstić information content (AvgIpc) is 2.92. The number of imidazole rings is 1. The molecule has 0 radical (unpaired) electrons.